The standard InChI is InChI=1S/C14H13NO.ClH/c1-9-10-5-2-3-6-11(10)15-12-7-4-8-13(16)14(9)12;/h2-3,5-6H,4,7-8H2,1H3;1H. The van der Waals surface area contributed by atoms with E-state index in [1.807, 2.05) is 31.2 Å². The summed E-state index contributed by atoms with van der Waals surface area (Å²) in [5.74, 6) is 0.261. The van der Waals surface area contributed by atoms with Crippen LogP contribution in [0.2, 0.25) is 0 Å². The van der Waals surface area contributed by atoms with Gasteiger partial charge in [-0.15, -0.1) is 12.4 Å². The van der Waals surface area contributed by atoms with Gasteiger partial charge in [-0.25, -0.2) is 0 Å². The van der Waals surface area contributed by atoms with Gasteiger partial charge in [-0.3, -0.25) is 9.78 Å². The van der Waals surface area contributed by atoms with Gasteiger partial charge < -0.3 is 0 Å². The minimum absolute atomic E-state index is 0. The lowest BCUT2D eigenvalue weighted by atomic mass is 9.89. The van der Waals surface area contributed by atoms with Crippen LogP contribution < -0.4 is 0 Å². The van der Waals surface area contributed by atoms with E-state index >= 15 is 0 Å². The van der Waals surface area contributed by atoms with Gasteiger partial charge in [0.2, 0.25) is 0 Å². The number of carbonyl (C=O) groups excluding carboxylic acids is 1. The Hall–Kier alpha value is -1.41. The number of pyridine rings is 1. The van der Waals surface area contributed by atoms with Gasteiger partial charge in [-0.05, 0) is 31.4 Å². The van der Waals surface area contributed by atoms with Crippen LogP contribution in [0.5, 0.6) is 0 Å². The summed E-state index contributed by atoms with van der Waals surface area (Å²) in [5.41, 5.74) is 3.98. The SMILES string of the molecule is Cc1c2c(nc3ccccc13)CCCC2=O.Cl. The first-order valence-electron chi connectivity index (χ1n) is 5.69. The molecule has 3 rings (SSSR count). The molecule has 0 bridgehead atoms. The summed E-state index contributed by atoms with van der Waals surface area (Å²) < 4.78 is 0. The second-order valence-electron chi connectivity index (χ2n) is 4.35. The van der Waals surface area contributed by atoms with Crippen molar-refractivity contribution in [2.24, 2.45) is 0 Å². The number of aromatic nitrogens is 1. The van der Waals surface area contributed by atoms with Crippen LogP contribution in [-0.4, -0.2) is 10.8 Å². The number of halogens is 1. The van der Waals surface area contributed by atoms with Crippen LogP contribution in [0.4, 0.5) is 0 Å². The third-order valence-electron chi connectivity index (χ3n) is 3.32. The molecule has 1 aromatic carbocycles. The third kappa shape index (κ3) is 1.83. The average molecular weight is 248 g/mol. The summed E-state index contributed by atoms with van der Waals surface area (Å²) in [6.45, 7) is 2.03. The molecule has 1 aromatic heterocycles. The maximum atomic E-state index is 11.9. The van der Waals surface area contributed by atoms with E-state index < -0.39 is 0 Å². The van der Waals surface area contributed by atoms with Crippen LogP contribution in [0, 0.1) is 6.92 Å². The van der Waals surface area contributed by atoms with Gasteiger partial charge >= 0.3 is 0 Å². The van der Waals surface area contributed by atoms with Gasteiger partial charge in [0.1, 0.15) is 0 Å². The lowest BCUT2D eigenvalue weighted by Gasteiger charge is -2.17. The molecule has 2 aromatic rings. The molecule has 0 saturated heterocycles. The number of fused-ring (bicyclic) bond motifs is 2. The van der Waals surface area contributed by atoms with Gasteiger partial charge in [0.25, 0.3) is 0 Å². The molecule has 1 aliphatic rings. The van der Waals surface area contributed by atoms with Gasteiger partial charge in [-0.1, -0.05) is 18.2 Å². The topological polar surface area (TPSA) is 30.0 Å². The van der Waals surface area contributed by atoms with Crippen LogP contribution >= 0.6 is 12.4 Å². The Balaban J connectivity index is 0.00000108. The molecular formula is C14H14ClNO. The third-order valence-corrected chi connectivity index (χ3v) is 3.32. The molecule has 0 aliphatic heterocycles. The van der Waals surface area contributed by atoms with E-state index in [-0.39, 0.29) is 18.2 Å². The van der Waals surface area contributed by atoms with E-state index in [0.29, 0.717) is 6.42 Å². The summed E-state index contributed by atoms with van der Waals surface area (Å²) in [6.07, 6.45) is 2.55. The highest BCUT2D eigenvalue weighted by Gasteiger charge is 2.21. The van der Waals surface area contributed by atoms with E-state index in [0.717, 1.165) is 40.6 Å². The predicted octanol–water partition coefficient (Wildman–Crippen LogP) is 3.48. The minimum Gasteiger partial charge on any atom is -0.294 e. The average Bonchev–Trinajstić information content (AvgIpc) is 2.29. The molecule has 1 heterocycles. The van der Waals surface area contributed by atoms with Crippen molar-refractivity contribution in [1.82, 2.24) is 4.98 Å². The second-order valence-corrected chi connectivity index (χ2v) is 4.35. The van der Waals surface area contributed by atoms with Crippen molar-refractivity contribution >= 4 is 29.1 Å². The predicted molar refractivity (Wildman–Crippen MR) is 71.0 cm³/mol. The number of aryl methyl sites for hydroxylation is 2. The fourth-order valence-corrected chi connectivity index (χ4v) is 2.53. The highest BCUT2D eigenvalue weighted by Crippen LogP contribution is 2.28. The number of ketones is 1. The molecule has 2 nitrogen and oxygen atoms in total. The summed E-state index contributed by atoms with van der Waals surface area (Å²) in [7, 11) is 0. The maximum Gasteiger partial charge on any atom is 0.165 e. The molecule has 0 amide bonds. The Labute approximate surface area is 106 Å². The van der Waals surface area contributed by atoms with Crippen molar-refractivity contribution in [3.05, 3.63) is 41.1 Å². The monoisotopic (exact) mass is 247 g/mol. The van der Waals surface area contributed by atoms with E-state index in [4.69, 9.17) is 0 Å². The largest absolute Gasteiger partial charge is 0.294 e. The van der Waals surface area contributed by atoms with Crippen molar-refractivity contribution < 1.29 is 4.79 Å². The zero-order valence-corrected chi connectivity index (χ0v) is 10.5. The second kappa shape index (κ2) is 4.46. The molecule has 17 heavy (non-hydrogen) atoms. The van der Waals surface area contributed by atoms with Crippen LogP contribution in [0.25, 0.3) is 10.9 Å². The summed E-state index contributed by atoms with van der Waals surface area (Å²) in [6, 6.07) is 8.05. The first-order chi connectivity index (χ1) is 7.77. The van der Waals surface area contributed by atoms with Crippen LogP contribution in [0.1, 0.15) is 34.5 Å². The Bertz CT molecular complexity index is 592. The van der Waals surface area contributed by atoms with Crippen molar-refractivity contribution in [1.29, 1.82) is 0 Å². The Morgan fingerprint density at radius 2 is 1.94 bits per heavy atom. The fourth-order valence-electron chi connectivity index (χ4n) is 2.53. The first-order valence-corrected chi connectivity index (χ1v) is 5.69. The lowest BCUT2D eigenvalue weighted by Crippen LogP contribution is -2.14. The lowest BCUT2D eigenvalue weighted by molar-refractivity contribution is 0.0971. The number of nitrogens with zero attached hydrogens (tertiary/aromatic N) is 1. The van der Waals surface area contributed by atoms with E-state index in [1.165, 1.54) is 0 Å². The van der Waals surface area contributed by atoms with Gasteiger partial charge in [0.15, 0.2) is 5.78 Å². The number of carbonyl (C=O) groups is 1. The minimum atomic E-state index is 0. The van der Waals surface area contributed by atoms with Crippen molar-refractivity contribution in [2.75, 3.05) is 0 Å². The van der Waals surface area contributed by atoms with Crippen LogP contribution in [-0.2, 0) is 6.42 Å². The summed E-state index contributed by atoms with van der Waals surface area (Å²) in [4.78, 5) is 16.5. The Morgan fingerprint density at radius 1 is 1.18 bits per heavy atom. The molecular weight excluding hydrogens is 234 g/mol. The van der Waals surface area contributed by atoms with E-state index in [2.05, 4.69) is 4.98 Å². The van der Waals surface area contributed by atoms with Crippen molar-refractivity contribution in [3.8, 4) is 0 Å². The molecule has 0 fully saturated rings. The van der Waals surface area contributed by atoms with Gasteiger partial charge in [-0.2, -0.15) is 0 Å². The number of hydrogen-bond acceptors (Lipinski definition) is 2. The summed E-state index contributed by atoms with van der Waals surface area (Å²) in [5, 5.41) is 1.11. The normalized spacial score (nSPS) is 14.3. The Kier molecular flexibility index (Phi) is 3.16. The molecule has 0 saturated carbocycles. The Morgan fingerprint density at radius 3 is 2.76 bits per heavy atom. The number of para-hydroxylation sites is 1. The molecule has 1 aliphatic carbocycles. The van der Waals surface area contributed by atoms with Crippen molar-refractivity contribution in [2.45, 2.75) is 26.2 Å². The molecule has 0 N–H and O–H groups in total. The highest BCUT2D eigenvalue weighted by molar-refractivity contribution is 6.03. The molecule has 0 radical (unpaired) electrons. The quantitative estimate of drug-likeness (QED) is 0.713. The van der Waals surface area contributed by atoms with E-state index in [1.54, 1.807) is 0 Å². The molecule has 88 valence electrons. The smallest absolute Gasteiger partial charge is 0.165 e. The molecule has 0 atom stereocenters. The fraction of sp³-hybridized carbons (Fsp3) is 0.286. The van der Waals surface area contributed by atoms with Crippen molar-refractivity contribution in [3.63, 3.8) is 0 Å². The zero-order valence-electron chi connectivity index (χ0n) is 9.69. The number of rotatable bonds is 0. The van der Waals surface area contributed by atoms with Gasteiger partial charge in [0, 0.05) is 17.4 Å². The van der Waals surface area contributed by atoms with Crippen LogP contribution in [0.15, 0.2) is 24.3 Å². The summed E-state index contributed by atoms with van der Waals surface area (Å²) >= 11 is 0. The van der Waals surface area contributed by atoms with Crippen LogP contribution in [0.3, 0.4) is 0 Å². The number of benzene rings is 1. The van der Waals surface area contributed by atoms with E-state index in [9.17, 15) is 4.79 Å². The zero-order chi connectivity index (χ0) is 11.1. The number of hydrogen-bond donors (Lipinski definition) is 0. The maximum absolute atomic E-state index is 11.9. The number of Topliss-reactive ketones (excluding diaryl/α,β-unsaturated/α-hetero) is 1. The molecule has 0 unspecified atom stereocenters. The van der Waals surface area contributed by atoms with Gasteiger partial charge in [0.05, 0.1) is 11.2 Å². The molecule has 3 heteroatoms. The first kappa shape index (κ1) is 12.1. The molecule has 0 spiro atoms. The highest BCUT2D eigenvalue weighted by atomic mass is 35.5.